The van der Waals surface area contributed by atoms with Crippen LogP contribution in [0.2, 0.25) is 0 Å². The number of carbonyl (C=O) groups is 1. The van der Waals surface area contributed by atoms with E-state index in [0.717, 1.165) is 11.6 Å². The number of anilines is 1. The van der Waals surface area contributed by atoms with Gasteiger partial charge >= 0.3 is 6.18 Å². The molecule has 0 unspecified atom stereocenters. The van der Waals surface area contributed by atoms with Gasteiger partial charge in [-0.05, 0) is 58.7 Å². The van der Waals surface area contributed by atoms with Crippen molar-refractivity contribution >= 4 is 23.1 Å². The number of nitrogens with one attached hydrogen (secondary N) is 2. The number of methoxy groups -OCH3 is 1. The molecule has 3 N–H and O–H groups in total. The van der Waals surface area contributed by atoms with Crippen LogP contribution in [0.25, 0.3) is 11.1 Å². The highest BCUT2D eigenvalue weighted by Crippen LogP contribution is 2.42. The van der Waals surface area contributed by atoms with Crippen LogP contribution in [-0.4, -0.2) is 24.1 Å². The number of hydroxylamine groups is 1. The summed E-state index contributed by atoms with van der Waals surface area (Å²) in [6.07, 6.45) is -4.26. The van der Waals surface area contributed by atoms with Crippen molar-refractivity contribution in [1.82, 2.24) is 5.48 Å². The lowest BCUT2D eigenvalue weighted by Gasteiger charge is -2.15. The normalized spacial score (nSPS) is 12.8. The van der Waals surface area contributed by atoms with Crippen LogP contribution >= 0.6 is 0 Å². The summed E-state index contributed by atoms with van der Waals surface area (Å²) in [5.74, 6) is -0.226. The van der Waals surface area contributed by atoms with Gasteiger partial charge in [0.15, 0.2) is 0 Å². The highest BCUT2D eigenvalue weighted by molar-refractivity contribution is 6.03. The number of fused-ring (bicyclic) bond motifs is 1. The zero-order valence-electron chi connectivity index (χ0n) is 17.5. The quantitative estimate of drug-likeness (QED) is 0.359. The summed E-state index contributed by atoms with van der Waals surface area (Å²) >= 11 is 0. The molecule has 1 aliphatic heterocycles. The van der Waals surface area contributed by atoms with E-state index in [0.29, 0.717) is 35.7 Å². The molecule has 0 radical (unpaired) electrons. The van der Waals surface area contributed by atoms with Crippen molar-refractivity contribution in [2.45, 2.75) is 19.2 Å². The van der Waals surface area contributed by atoms with Crippen LogP contribution in [0.5, 0.6) is 0 Å². The van der Waals surface area contributed by atoms with E-state index < -0.39 is 17.6 Å². The van der Waals surface area contributed by atoms with Crippen molar-refractivity contribution in [3.8, 4) is 11.1 Å². The summed E-state index contributed by atoms with van der Waals surface area (Å²) in [6.45, 7) is 0.296. The molecular formula is C24H20F3N3O3. The van der Waals surface area contributed by atoms with E-state index in [9.17, 15) is 18.0 Å². The molecule has 0 saturated carbocycles. The number of alkyl halides is 3. The van der Waals surface area contributed by atoms with Crippen molar-refractivity contribution in [2.24, 2.45) is 4.99 Å². The number of ether oxygens (including phenoxy) is 1. The van der Waals surface area contributed by atoms with Crippen LogP contribution < -0.4 is 10.8 Å². The second-order valence-electron chi connectivity index (χ2n) is 7.54. The Hall–Kier alpha value is -3.69. The van der Waals surface area contributed by atoms with Crippen molar-refractivity contribution in [2.75, 3.05) is 12.4 Å². The van der Waals surface area contributed by atoms with Crippen LogP contribution in [0.1, 0.15) is 27.0 Å². The van der Waals surface area contributed by atoms with Crippen molar-refractivity contribution < 1.29 is 27.9 Å². The Labute approximate surface area is 187 Å². The zero-order chi connectivity index (χ0) is 23.6. The van der Waals surface area contributed by atoms with E-state index in [4.69, 9.17) is 9.94 Å². The van der Waals surface area contributed by atoms with E-state index >= 15 is 0 Å². The van der Waals surface area contributed by atoms with Gasteiger partial charge in [-0.15, -0.1) is 0 Å². The Kier molecular flexibility index (Phi) is 6.17. The lowest BCUT2D eigenvalue weighted by molar-refractivity contribution is -0.137. The summed E-state index contributed by atoms with van der Waals surface area (Å²) in [6, 6.07) is 15.7. The summed E-state index contributed by atoms with van der Waals surface area (Å²) in [5.41, 5.74) is 3.73. The van der Waals surface area contributed by atoms with Crippen molar-refractivity contribution in [3.63, 3.8) is 0 Å². The minimum absolute atomic E-state index is 0.0808. The molecule has 0 bridgehead atoms. The van der Waals surface area contributed by atoms with E-state index in [1.807, 2.05) is 0 Å². The molecule has 4 rings (SSSR count). The third-order valence-corrected chi connectivity index (χ3v) is 5.20. The Balaban J connectivity index is 1.67. The number of amidine groups is 1. The first-order valence-corrected chi connectivity index (χ1v) is 10.00. The highest BCUT2D eigenvalue weighted by atomic mass is 19.4. The molecule has 0 atom stereocenters. The summed E-state index contributed by atoms with van der Waals surface area (Å²) < 4.78 is 46.8. The van der Waals surface area contributed by atoms with Gasteiger partial charge in [-0.3, -0.25) is 10.0 Å². The van der Waals surface area contributed by atoms with Gasteiger partial charge in [0.1, 0.15) is 5.84 Å². The summed E-state index contributed by atoms with van der Waals surface area (Å²) in [5, 5.41) is 11.8. The second-order valence-corrected chi connectivity index (χ2v) is 7.54. The zero-order valence-corrected chi connectivity index (χ0v) is 17.5. The van der Waals surface area contributed by atoms with E-state index in [1.54, 1.807) is 41.9 Å². The molecule has 3 aromatic carbocycles. The Morgan fingerprint density at radius 1 is 1.12 bits per heavy atom. The topological polar surface area (TPSA) is 83.0 Å². The molecule has 0 aliphatic carbocycles. The van der Waals surface area contributed by atoms with Crippen molar-refractivity contribution in [3.05, 3.63) is 82.9 Å². The SMILES string of the molecule is COCc1cccc(-c2cc3c(cc2C(F)(F)F)N=C(Nc2cccc(C(=O)NO)c2)C3)c1. The maximum atomic E-state index is 13.9. The molecule has 9 heteroatoms. The first kappa shape index (κ1) is 22.5. The number of nitrogens with zero attached hydrogens (tertiary/aromatic N) is 1. The second kappa shape index (κ2) is 9.05. The average molecular weight is 455 g/mol. The maximum absolute atomic E-state index is 13.9. The number of halogens is 3. The fraction of sp³-hybridized carbons (Fsp3) is 0.167. The number of hydrogen-bond acceptors (Lipinski definition) is 5. The minimum atomic E-state index is -4.56. The third kappa shape index (κ3) is 4.89. The molecule has 33 heavy (non-hydrogen) atoms. The lowest BCUT2D eigenvalue weighted by Crippen LogP contribution is -2.19. The smallest absolute Gasteiger partial charge is 0.380 e. The monoisotopic (exact) mass is 455 g/mol. The number of carbonyl (C=O) groups excluding carboxylic acids is 1. The van der Waals surface area contributed by atoms with Crippen LogP contribution in [-0.2, 0) is 23.9 Å². The Bertz CT molecular complexity index is 1240. The highest BCUT2D eigenvalue weighted by Gasteiger charge is 2.35. The third-order valence-electron chi connectivity index (χ3n) is 5.20. The van der Waals surface area contributed by atoms with Gasteiger partial charge in [-0.2, -0.15) is 13.2 Å². The molecule has 3 aromatic rings. The summed E-state index contributed by atoms with van der Waals surface area (Å²) in [4.78, 5) is 15.9. The van der Waals surface area contributed by atoms with Gasteiger partial charge in [0, 0.05) is 24.8 Å². The van der Waals surface area contributed by atoms with Crippen LogP contribution in [0.15, 0.2) is 65.7 Å². The predicted octanol–water partition coefficient (Wildman–Crippen LogP) is 5.34. The van der Waals surface area contributed by atoms with Gasteiger partial charge in [0.25, 0.3) is 5.91 Å². The van der Waals surface area contributed by atoms with Gasteiger partial charge in [-0.1, -0.05) is 24.3 Å². The number of amides is 1. The molecule has 6 nitrogen and oxygen atoms in total. The Morgan fingerprint density at radius 2 is 1.91 bits per heavy atom. The standard InChI is InChI=1S/C24H20F3N3O3/c1-33-13-14-4-2-5-15(8-14)19-10-17-11-22(29-21(17)12-20(19)24(25,26)27)28-18-7-3-6-16(9-18)23(31)30-32/h2-10,12,32H,11,13H2,1H3,(H,28,29)(H,30,31). The van der Waals surface area contributed by atoms with Gasteiger partial charge < -0.3 is 10.1 Å². The van der Waals surface area contributed by atoms with Crippen LogP contribution in [0.4, 0.5) is 24.5 Å². The van der Waals surface area contributed by atoms with Crippen LogP contribution in [0, 0.1) is 0 Å². The number of benzene rings is 3. The molecule has 170 valence electrons. The van der Waals surface area contributed by atoms with Gasteiger partial charge in [0.2, 0.25) is 0 Å². The number of aliphatic imine (C=N–C) groups is 1. The first-order chi connectivity index (χ1) is 15.8. The molecule has 0 spiro atoms. The fourth-order valence-electron chi connectivity index (χ4n) is 3.75. The molecule has 1 amide bonds. The van der Waals surface area contributed by atoms with E-state index in [2.05, 4.69) is 10.3 Å². The Morgan fingerprint density at radius 3 is 2.64 bits per heavy atom. The van der Waals surface area contributed by atoms with E-state index in [1.165, 1.54) is 25.3 Å². The molecule has 1 aliphatic rings. The maximum Gasteiger partial charge on any atom is 0.417 e. The molecule has 0 fully saturated rings. The molecule has 0 aromatic heterocycles. The molecule has 1 heterocycles. The van der Waals surface area contributed by atoms with E-state index in [-0.39, 0.29) is 16.8 Å². The first-order valence-electron chi connectivity index (χ1n) is 10.00. The number of rotatable bonds is 5. The average Bonchev–Trinajstić information content (AvgIpc) is 3.19. The molecule has 0 saturated heterocycles. The largest absolute Gasteiger partial charge is 0.417 e. The van der Waals surface area contributed by atoms with Crippen molar-refractivity contribution in [1.29, 1.82) is 0 Å². The van der Waals surface area contributed by atoms with Gasteiger partial charge in [-0.25, -0.2) is 10.5 Å². The van der Waals surface area contributed by atoms with Crippen LogP contribution in [0.3, 0.4) is 0 Å². The fourth-order valence-corrected chi connectivity index (χ4v) is 3.75. The molecular weight excluding hydrogens is 435 g/mol. The van der Waals surface area contributed by atoms with Gasteiger partial charge in [0.05, 0.1) is 17.9 Å². The predicted molar refractivity (Wildman–Crippen MR) is 118 cm³/mol. The minimum Gasteiger partial charge on any atom is -0.380 e. The summed E-state index contributed by atoms with van der Waals surface area (Å²) in [7, 11) is 1.53. The number of hydrogen-bond donors (Lipinski definition) is 3. The lowest BCUT2D eigenvalue weighted by atomic mass is 9.94.